The number of hydrogen-bond donors (Lipinski definition) is 2. The lowest BCUT2D eigenvalue weighted by Gasteiger charge is -2.19. The molecule has 2 N–H and O–H groups in total. The third-order valence-electron chi connectivity index (χ3n) is 3.44. The Hall–Kier alpha value is -2.69. The van der Waals surface area contributed by atoms with Gasteiger partial charge in [0.1, 0.15) is 5.75 Å². The Balaban J connectivity index is 2.11. The summed E-state index contributed by atoms with van der Waals surface area (Å²) in [5.74, 6) is -0.229. The monoisotopic (exact) mass is 311 g/mol. The van der Waals surface area contributed by atoms with Crippen LogP contribution in [0.2, 0.25) is 0 Å². The summed E-state index contributed by atoms with van der Waals surface area (Å²) in [4.78, 5) is 16.0. The highest BCUT2D eigenvalue weighted by molar-refractivity contribution is 5.94. The molecule has 120 valence electrons. The molecule has 0 spiro atoms. The van der Waals surface area contributed by atoms with Crippen molar-refractivity contribution in [3.05, 3.63) is 58.9 Å². The van der Waals surface area contributed by atoms with Crippen LogP contribution in [0.3, 0.4) is 0 Å². The highest BCUT2D eigenvalue weighted by atomic mass is 16.3. The molecular weight excluding hydrogens is 290 g/mol. The standard InChI is InChI=1S/C18H21N3O2/c1-12-5-6-13(10-19-12)17(23)21-20-11-14-9-15(18(2,3)4)7-8-16(14)22/h5-11,22H,1-4H3,(H,21,23). The van der Waals surface area contributed by atoms with Gasteiger partial charge in [-0.2, -0.15) is 5.10 Å². The van der Waals surface area contributed by atoms with Crippen LogP contribution in [0.1, 0.15) is 48.0 Å². The number of hydrazone groups is 1. The number of rotatable bonds is 3. The number of nitrogens with zero attached hydrogens (tertiary/aromatic N) is 2. The van der Waals surface area contributed by atoms with Crippen molar-refractivity contribution < 1.29 is 9.90 Å². The Morgan fingerprint density at radius 3 is 2.61 bits per heavy atom. The number of carbonyl (C=O) groups is 1. The maximum absolute atomic E-state index is 11.9. The largest absolute Gasteiger partial charge is 0.507 e. The molecule has 0 fully saturated rings. The molecule has 5 heteroatoms. The van der Waals surface area contributed by atoms with E-state index in [4.69, 9.17) is 0 Å². The molecule has 1 aromatic heterocycles. The van der Waals surface area contributed by atoms with E-state index < -0.39 is 0 Å². The molecule has 0 saturated carbocycles. The maximum Gasteiger partial charge on any atom is 0.272 e. The number of hydrogen-bond acceptors (Lipinski definition) is 4. The predicted octanol–water partition coefficient (Wildman–Crippen LogP) is 3.16. The summed E-state index contributed by atoms with van der Waals surface area (Å²) in [6, 6.07) is 8.82. The fourth-order valence-corrected chi connectivity index (χ4v) is 1.95. The van der Waals surface area contributed by atoms with Crippen molar-refractivity contribution in [1.29, 1.82) is 0 Å². The predicted molar refractivity (Wildman–Crippen MR) is 90.8 cm³/mol. The molecule has 0 atom stereocenters. The first-order chi connectivity index (χ1) is 10.8. The lowest BCUT2D eigenvalue weighted by atomic mass is 9.86. The molecule has 23 heavy (non-hydrogen) atoms. The third kappa shape index (κ3) is 4.39. The number of phenols is 1. The van der Waals surface area contributed by atoms with Crippen molar-refractivity contribution in [2.24, 2.45) is 5.10 Å². The van der Waals surface area contributed by atoms with Gasteiger partial charge in [-0.05, 0) is 42.2 Å². The van der Waals surface area contributed by atoms with E-state index in [-0.39, 0.29) is 17.1 Å². The summed E-state index contributed by atoms with van der Waals surface area (Å²) in [6.07, 6.45) is 2.93. The number of carbonyl (C=O) groups excluding carboxylic acids is 1. The molecule has 0 radical (unpaired) electrons. The molecule has 0 aliphatic heterocycles. The van der Waals surface area contributed by atoms with E-state index in [0.29, 0.717) is 11.1 Å². The van der Waals surface area contributed by atoms with Gasteiger partial charge in [-0.3, -0.25) is 9.78 Å². The van der Waals surface area contributed by atoms with Crippen LogP contribution in [0.4, 0.5) is 0 Å². The quantitative estimate of drug-likeness (QED) is 0.675. The van der Waals surface area contributed by atoms with E-state index in [9.17, 15) is 9.90 Å². The van der Waals surface area contributed by atoms with Crippen LogP contribution in [0.5, 0.6) is 5.75 Å². The normalized spacial score (nSPS) is 11.7. The number of aromatic nitrogens is 1. The SMILES string of the molecule is Cc1ccc(C(=O)NN=Cc2cc(C(C)(C)C)ccc2O)cn1. The van der Waals surface area contributed by atoms with Gasteiger partial charge in [-0.15, -0.1) is 0 Å². The Morgan fingerprint density at radius 2 is 2.00 bits per heavy atom. The number of aryl methyl sites for hydroxylation is 1. The number of pyridine rings is 1. The van der Waals surface area contributed by atoms with Crippen LogP contribution < -0.4 is 5.43 Å². The number of amides is 1. The second-order valence-electron chi connectivity index (χ2n) is 6.41. The van der Waals surface area contributed by atoms with Crippen molar-refractivity contribution in [3.8, 4) is 5.75 Å². The van der Waals surface area contributed by atoms with Gasteiger partial charge in [0.2, 0.25) is 0 Å². The molecule has 0 bridgehead atoms. The van der Waals surface area contributed by atoms with E-state index in [1.807, 2.05) is 19.1 Å². The minimum absolute atomic E-state index is 0.0346. The molecule has 2 rings (SSSR count). The topological polar surface area (TPSA) is 74.6 Å². The van der Waals surface area contributed by atoms with Gasteiger partial charge in [0.15, 0.2) is 0 Å². The van der Waals surface area contributed by atoms with Crippen molar-refractivity contribution in [3.63, 3.8) is 0 Å². The molecule has 5 nitrogen and oxygen atoms in total. The molecule has 0 unspecified atom stereocenters. The molecular formula is C18H21N3O2. The van der Waals surface area contributed by atoms with Gasteiger partial charge in [-0.25, -0.2) is 5.43 Å². The van der Waals surface area contributed by atoms with Crippen molar-refractivity contribution in [2.75, 3.05) is 0 Å². The Morgan fingerprint density at radius 1 is 1.26 bits per heavy atom. The molecule has 0 aliphatic rings. The second kappa shape index (κ2) is 6.60. The fourth-order valence-electron chi connectivity index (χ4n) is 1.95. The molecule has 0 aliphatic carbocycles. The highest BCUT2D eigenvalue weighted by Gasteiger charge is 2.14. The van der Waals surface area contributed by atoms with E-state index in [2.05, 4.69) is 36.3 Å². The fraction of sp³-hybridized carbons (Fsp3) is 0.278. The van der Waals surface area contributed by atoms with Gasteiger partial charge < -0.3 is 5.11 Å². The highest BCUT2D eigenvalue weighted by Crippen LogP contribution is 2.26. The lowest BCUT2D eigenvalue weighted by Crippen LogP contribution is -2.18. The van der Waals surface area contributed by atoms with Crippen LogP contribution in [-0.2, 0) is 5.41 Å². The Bertz CT molecular complexity index is 729. The minimum atomic E-state index is -0.347. The summed E-state index contributed by atoms with van der Waals surface area (Å²) in [5.41, 5.74) is 5.30. The van der Waals surface area contributed by atoms with Gasteiger partial charge in [0.05, 0.1) is 11.8 Å². The first-order valence-electron chi connectivity index (χ1n) is 7.37. The van der Waals surface area contributed by atoms with E-state index in [1.54, 1.807) is 18.2 Å². The van der Waals surface area contributed by atoms with Gasteiger partial charge in [0.25, 0.3) is 5.91 Å². The summed E-state index contributed by atoms with van der Waals surface area (Å²) in [5, 5.41) is 13.8. The molecule has 1 aromatic carbocycles. The van der Waals surface area contributed by atoms with E-state index >= 15 is 0 Å². The van der Waals surface area contributed by atoms with Gasteiger partial charge in [0, 0.05) is 17.5 Å². The van der Waals surface area contributed by atoms with Crippen LogP contribution in [0.15, 0.2) is 41.6 Å². The van der Waals surface area contributed by atoms with Crippen LogP contribution >= 0.6 is 0 Å². The zero-order valence-electron chi connectivity index (χ0n) is 13.8. The number of aromatic hydroxyl groups is 1. The average Bonchev–Trinajstić information content (AvgIpc) is 2.48. The van der Waals surface area contributed by atoms with Gasteiger partial charge in [-0.1, -0.05) is 26.8 Å². The van der Waals surface area contributed by atoms with E-state index in [1.165, 1.54) is 12.4 Å². The van der Waals surface area contributed by atoms with Crippen LogP contribution in [0.25, 0.3) is 0 Å². The molecule has 2 aromatic rings. The van der Waals surface area contributed by atoms with Crippen molar-refractivity contribution in [2.45, 2.75) is 33.1 Å². The van der Waals surface area contributed by atoms with Crippen LogP contribution in [-0.4, -0.2) is 22.2 Å². The number of benzene rings is 1. The average molecular weight is 311 g/mol. The Labute approximate surface area is 136 Å². The summed E-state index contributed by atoms with van der Waals surface area (Å²) >= 11 is 0. The molecule has 0 saturated heterocycles. The number of phenolic OH excluding ortho intramolecular Hbond substituents is 1. The minimum Gasteiger partial charge on any atom is -0.507 e. The zero-order chi connectivity index (χ0) is 17.0. The van der Waals surface area contributed by atoms with Crippen molar-refractivity contribution >= 4 is 12.1 Å². The first kappa shape index (κ1) is 16.7. The maximum atomic E-state index is 11.9. The summed E-state index contributed by atoms with van der Waals surface area (Å²) in [7, 11) is 0. The molecule has 1 heterocycles. The third-order valence-corrected chi connectivity index (χ3v) is 3.44. The Kier molecular flexibility index (Phi) is 4.79. The second-order valence-corrected chi connectivity index (χ2v) is 6.41. The first-order valence-corrected chi connectivity index (χ1v) is 7.37. The molecule has 1 amide bonds. The smallest absolute Gasteiger partial charge is 0.272 e. The van der Waals surface area contributed by atoms with Gasteiger partial charge >= 0.3 is 0 Å². The lowest BCUT2D eigenvalue weighted by molar-refractivity contribution is 0.0954. The summed E-state index contributed by atoms with van der Waals surface area (Å²) < 4.78 is 0. The van der Waals surface area contributed by atoms with Crippen molar-refractivity contribution in [1.82, 2.24) is 10.4 Å². The number of nitrogens with one attached hydrogen (secondary N) is 1. The zero-order valence-corrected chi connectivity index (χ0v) is 13.8. The van der Waals surface area contributed by atoms with Crippen LogP contribution in [0, 0.1) is 6.92 Å². The van der Waals surface area contributed by atoms with E-state index in [0.717, 1.165) is 11.3 Å². The summed E-state index contributed by atoms with van der Waals surface area (Å²) in [6.45, 7) is 8.12.